The lowest BCUT2D eigenvalue weighted by Gasteiger charge is -1.90. The van der Waals surface area contributed by atoms with Gasteiger partial charge in [0.05, 0.1) is 0 Å². The maximum Gasteiger partial charge on any atom is 0.307 e. The third kappa shape index (κ3) is 6.68. The van der Waals surface area contributed by atoms with E-state index in [0.29, 0.717) is 0 Å². The fourth-order valence-electron chi connectivity index (χ4n) is 0.247. The molecule has 0 rings (SSSR count). The van der Waals surface area contributed by atoms with Crippen LogP contribution in [0.3, 0.4) is 0 Å². The molecule has 0 unspecified atom stereocenters. The van der Waals surface area contributed by atoms with Crippen LogP contribution in [0.25, 0.3) is 0 Å². The van der Waals surface area contributed by atoms with Crippen LogP contribution in [0.15, 0.2) is 12.5 Å². The highest BCUT2D eigenvalue weighted by Crippen LogP contribution is 1.81. The van der Waals surface area contributed by atoms with E-state index in [-0.39, 0.29) is 0 Å². The smallest absolute Gasteiger partial charge is 0.307 e. The molecule has 0 N–H and O–H groups in total. The second kappa shape index (κ2) is 4.55. The Kier molecular flexibility index (Phi) is 3.95. The third-order valence-electron chi connectivity index (χ3n) is 0.524. The van der Waals surface area contributed by atoms with E-state index in [1.54, 1.807) is 0 Å². The Bertz CT molecular complexity index is 141. The largest absolute Gasteiger partial charge is 0.431 e. The Morgan fingerprint density at radius 3 is 1.50 bits per heavy atom. The van der Waals surface area contributed by atoms with Crippen molar-refractivity contribution < 1.29 is 19.1 Å². The summed E-state index contributed by atoms with van der Waals surface area (Å²) < 4.78 is 8.59. The lowest BCUT2D eigenvalue weighted by Crippen LogP contribution is -1.93. The fraction of sp³-hybridized carbons (Fsp3) is 0.333. The van der Waals surface area contributed by atoms with Crippen molar-refractivity contribution in [3.8, 4) is 0 Å². The number of hydrogen-bond acceptors (Lipinski definition) is 4. The third-order valence-corrected chi connectivity index (χ3v) is 0.524. The van der Waals surface area contributed by atoms with E-state index in [1.165, 1.54) is 13.8 Å². The molecule has 0 aliphatic carbocycles. The van der Waals surface area contributed by atoms with E-state index in [1.807, 2.05) is 0 Å². The molecule has 0 heterocycles. The first-order valence-electron chi connectivity index (χ1n) is 2.62. The molecule has 0 radical (unpaired) electrons. The molecule has 0 aliphatic heterocycles. The van der Waals surface area contributed by atoms with E-state index in [2.05, 4.69) is 9.47 Å². The van der Waals surface area contributed by atoms with Crippen molar-refractivity contribution in [2.75, 3.05) is 0 Å². The summed E-state index contributed by atoms with van der Waals surface area (Å²) in [6.45, 7) is 2.50. The first-order valence-corrected chi connectivity index (χ1v) is 2.62. The monoisotopic (exact) mass is 144 g/mol. The quantitative estimate of drug-likeness (QED) is 0.420. The van der Waals surface area contributed by atoms with Crippen LogP contribution in [-0.4, -0.2) is 11.9 Å². The van der Waals surface area contributed by atoms with Gasteiger partial charge >= 0.3 is 11.9 Å². The molecule has 0 amide bonds. The number of esters is 2. The molecule has 0 aromatic carbocycles. The Balaban J connectivity index is 3.38. The average molecular weight is 144 g/mol. The molecular formula is C6H8O4. The summed E-state index contributed by atoms with van der Waals surface area (Å²) in [7, 11) is 0. The summed E-state index contributed by atoms with van der Waals surface area (Å²) in [4.78, 5) is 20.1. The maximum absolute atomic E-state index is 10.1. The maximum atomic E-state index is 10.1. The van der Waals surface area contributed by atoms with Gasteiger partial charge in [-0.25, -0.2) is 0 Å². The molecule has 0 saturated carbocycles. The summed E-state index contributed by atoms with van der Waals surface area (Å²) in [6.07, 6.45) is 2.01. The number of carbonyl (C=O) groups is 2. The van der Waals surface area contributed by atoms with Crippen LogP contribution in [0.5, 0.6) is 0 Å². The molecular weight excluding hydrogens is 136 g/mol. The molecule has 4 nitrogen and oxygen atoms in total. The predicted octanol–water partition coefficient (Wildman–Crippen LogP) is 0.584. The van der Waals surface area contributed by atoms with Crippen molar-refractivity contribution in [3.63, 3.8) is 0 Å². The van der Waals surface area contributed by atoms with Gasteiger partial charge in [0.1, 0.15) is 12.5 Å². The second-order valence-corrected chi connectivity index (χ2v) is 1.49. The molecule has 4 heteroatoms. The minimum atomic E-state index is -0.455. The van der Waals surface area contributed by atoms with Gasteiger partial charge in [-0.2, -0.15) is 0 Å². The highest BCUT2D eigenvalue weighted by Gasteiger charge is 1.86. The lowest BCUT2D eigenvalue weighted by atomic mass is 10.8. The van der Waals surface area contributed by atoms with Crippen LogP contribution in [0, 0.1) is 0 Å². The van der Waals surface area contributed by atoms with Crippen molar-refractivity contribution in [3.05, 3.63) is 12.5 Å². The van der Waals surface area contributed by atoms with Gasteiger partial charge in [0, 0.05) is 13.8 Å². The standard InChI is InChI=1S/C6H8O4/c1-5(7)9-3-4-10-6(2)8/h3-4H,1-2H3/b4-3-. The molecule has 10 heavy (non-hydrogen) atoms. The Morgan fingerprint density at radius 2 is 1.30 bits per heavy atom. The van der Waals surface area contributed by atoms with Crippen molar-refractivity contribution in [1.82, 2.24) is 0 Å². The molecule has 0 bridgehead atoms. The van der Waals surface area contributed by atoms with Crippen LogP contribution in [-0.2, 0) is 19.1 Å². The van der Waals surface area contributed by atoms with E-state index in [4.69, 9.17) is 0 Å². The van der Waals surface area contributed by atoms with Gasteiger partial charge in [0.25, 0.3) is 0 Å². The molecule has 0 aromatic heterocycles. The Labute approximate surface area is 58.4 Å². The van der Waals surface area contributed by atoms with E-state index in [0.717, 1.165) is 12.5 Å². The van der Waals surface area contributed by atoms with Gasteiger partial charge in [-0.3, -0.25) is 9.59 Å². The summed E-state index contributed by atoms with van der Waals surface area (Å²) in [6, 6.07) is 0. The van der Waals surface area contributed by atoms with Crippen molar-refractivity contribution in [2.24, 2.45) is 0 Å². The van der Waals surface area contributed by atoms with Crippen molar-refractivity contribution in [1.29, 1.82) is 0 Å². The predicted molar refractivity (Wildman–Crippen MR) is 32.7 cm³/mol. The summed E-state index contributed by atoms with van der Waals surface area (Å²) >= 11 is 0. The molecule has 0 atom stereocenters. The lowest BCUT2D eigenvalue weighted by molar-refractivity contribution is -0.138. The van der Waals surface area contributed by atoms with Gasteiger partial charge in [0.2, 0.25) is 0 Å². The topological polar surface area (TPSA) is 52.6 Å². The zero-order chi connectivity index (χ0) is 7.98. The summed E-state index contributed by atoms with van der Waals surface area (Å²) in [5.41, 5.74) is 0. The van der Waals surface area contributed by atoms with Crippen LogP contribution < -0.4 is 0 Å². The Hall–Kier alpha value is -1.32. The highest BCUT2D eigenvalue weighted by atomic mass is 16.6. The van der Waals surface area contributed by atoms with Crippen LogP contribution in [0.1, 0.15) is 13.8 Å². The van der Waals surface area contributed by atoms with E-state index < -0.39 is 11.9 Å². The van der Waals surface area contributed by atoms with E-state index in [9.17, 15) is 9.59 Å². The Morgan fingerprint density at radius 1 is 1.00 bits per heavy atom. The van der Waals surface area contributed by atoms with E-state index >= 15 is 0 Å². The fourth-order valence-corrected chi connectivity index (χ4v) is 0.247. The molecule has 0 saturated heterocycles. The number of rotatable bonds is 2. The molecule has 56 valence electrons. The highest BCUT2D eigenvalue weighted by molar-refractivity contribution is 5.67. The second-order valence-electron chi connectivity index (χ2n) is 1.49. The summed E-state index contributed by atoms with van der Waals surface area (Å²) in [5.74, 6) is -0.910. The van der Waals surface area contributed by atoms with Gasteiger partial charge < -0.3 is 9.47 Å². The van der Waals surface area contributed by atoms with Crippen molar-refractivity contribution in [2.45, 2.75) is 13.8 Å². The first kappa shape index (κ1) is 8.68. The van der Waals surface area contributed by atoms with Crippen LogP contribution >= 0.6 is 0 Å². The normalized spacial score (nSPS) is 9.40. The first-order chi connectivity index (χ1) is 4.63. The van der Waals surface area contributed by atoms with Gasteiger partial charge in [-0.1, -0.05) is 0 Å². The molecule has 0 aromatic rings. The van der Waals surface area contributed by atoms with Crippen molar-refractivity contribution >= 4 is 11.9 Å². The van der Waals surface area contributed by atoms with Gasteiger partial charge in [-0.15, -0.1) is 0 Å². The molecule has 0 spiro atoms. The SMILES string of the molecule is CC(=O)O/C=C\OC(C)=O. The molecule has 0 fully saturated rings. The minimum absolute atomic E-state index is 0.455. The number of ether oxygens (including phenoxy) is 2. The minimum Gasteiger partial charge on any atom is -0.431 e. The zero-order valence-electron chi connectivity index (χ0n) is 5.79. The van der Waals surface area contributed by atoms with Crippen LogP contribution in [0.4, 0.5) is 0 Å². The van der Waals surface area contributed by atoms with Crippen LogP contribution in [0.2, 0.25) is 0 Å². The zero-order valence-corrected chi connectivity index (χ0v) is 5.79. The summed E-state index contributed by atoms with van der Waals surface area (Å²) in [5, 5.41) is 0. The number of hydrogen-bond donors (Lipinski definition) is 0. The average Bonchev–Trinajstić information content (AvgIpc) is 1.79. The van der Waals surface area contributed by atoms with Gasteiger partial charge in [0.15, 0.2) is 0 Å². The molecule has 0 aliphatic rings. The van der Waals surface area contributed by atoms with Gasteiger partial charge in [-0.05, 0) is 0 Å². The number of carbonyl (C=O) groups excluding carboxylic acids is 2.